The van der Waals surface area contributed by atoms with Crippen LogP contribution in [0.5, 0.6) is 0 Å². The molecule has 1 amide bonds. The van der Waals surface area contributed by atoms with E-state index in [1.54, 1.807) is 0 Å². The molecule has 0 atom stereocenters. The van der Waals surface area contributed by atoms with Gasteiger partial charge in [0.05, 0.1) is 15.6 Å². The first-order valence-electron chi connectivity index (χ1n) is 5.36. The van der Waals surface area contributed by atoms with Crippen LogP contribution in [-0.4, -0.2) is 16.2 Å². The molecule has 1 heterocycles. The van der Waals surface area contributed by atoms with E-state index in [9.17, 15) is 18.0 Å². The molecule has 0 aliphatic rings. The van der Waals surface area contributed by atoms with Gasteiger partial charge in [0, 0.05) is 6.07 Å². The standard InChI is InChI=1S/C11H7Cl2F3N4O/c12-6-1-5(11(14,15)16)2-7(13)10(6)20-8(17)3-9(19-20)18-4-21/h1-4H,17H2,(H,18,19,21). The van der Waals surface area contributed by atoms with Crippen molar-refractivity contribution in [2.75, 3.05) is 11.1 Å². The SMILES string of the molecule is Nc1cc(NC=O)nn1-c1c(Cl)cc(C(F)(F)F)cc1Cl. The summed E-state index contributed by atoms with van der Waals surface area (Å²) < 4.78 is 39.0. The van der Waals surface area contributed by atoms with Crippen molar-refractivity contribution in [2.24, 2.45) is 0 Å². The van der Waals surface area contributed by atoms with Crippen molar-refractivity contribution in [1.29, 1.82) is 0 Å². The molecule has 3 N–H and O–H groups in total. The van der Waals surface area contributed by atoms with Crippen molar-refractivity contribution < 1.29 is 18.0 Å². The number of hydrogen-bond acceptors (Lipinski definition) is 3. The van der Waals surface area contributed by atoms with Crippen LogP contribution in [-0.2, 0) is 11.0 Å². The Labute approximate surface area is 126 Å². The fourth-order valence-electron chi connectivity index (χ4n) is 1.64. The Morgan fingerprint density at radius 1 is 1.24 bits per heavy atom. The van der Waals surface area contributed by atoms with Crippen LogP contribution in [0.1, 0.15) is 5.56 Å². The minimum absolute atomic E-state index is 0.0113. The Kier molecular flexibility index (Phi) is 4.02. The maximum absolute atomic E-state index is 12.7. The van der Waals surface area contributed by atoms with Crippen LogP contribution in [0.3, 0.4) is 0 Å². The van der Waals surface area contributed by atoms with Gasteiger partial charge in [-0.25, -0.2) is 4.68 Å². The van der Waals surface area contributed by atoms with Gasteiger partial charge >= 0.3 is 6.18 Å². The lowest BCUT2D eigenvalue weighted by atomic mass is 10.2. The Balaban J connectivity index is 2.57. The number of nitrogens with one attached hydrogen (secondary N) is 1. The van der Waals surface area contributed by atoms with Crippen molar-refractivity contribution >= 4 is 41.2 Å². The maximum Gasteiger partial charge on any atom is 0.416 e. The van der Waals surface area contributed by atoms with Crippen LogP contribution < -0.4 is 11.1 Å². The van der Waals surface area contributed by atoms with Crippen molar-refractivity contribution in [3.63, 3.8) is 0 Å². The number of carbonyl (C=O) groups excluding carboxylic acids is 1. The van der Waals surface area contributed by atoms with Crippen LogP contribution in [0.15, 0.2) is 18.2 Å². The molecule has 0 aliphatic heterocycles. The number of hydrogen-bond donors (Lipinski definition) is 2. The fraction of sp³-hybridized carbons (Fsp3) is 0.0909. The third-order valence-corrected chi connectivity index (χ3v) is 3.08. The Morgan fingerprint density at radius 3 is 2.29 bits per heavy atom. The first-order chi connectivity index (χ1) is 9.74. The van der Waals surface area contributed by atoms with Gasteiger partial charge in [-0.2, -0.15) is 13.2 Å². The van der Waals surface area contributed by atoms with Gasteiger partial charge in [0.15, 0.2) is 5.82 Å². The molecule has 5 nitrogen and oxygen atoms in total. The Hall–Kier alpha value is -1.93. The van der Waals surface area contributed by atoms with Crippen LogP contribution in [0.4, 0.5) is 24.8 Å². The highest BCUT2D eigenvalue weighted by Crippen LogP contribution is 2.38. The maximum atomic E-state index is 12.7. The van der Waals surface area contributed by atoms with Gasteiger partial charge < -0.3 is 11.1 Å². The summed E-state index contributed by atoms with van der Waals surface area (Å²) in [4.78, 5) is 10.3. The highest BCUT2D eigenvalue weighted by molar-refractivity contribution is 6.38. The number of nitrogens with two attached hydrogens (primary N) is 1. The molecule has 1 aromatic heterocycles. The van der Waals surface area contributed by atoms with E-state index in [1.807, 2.05) is 0 Å². The van der Waals surface area contributed by atoms with E-state index < -0.39 is 11.7 Å². The molecule has 0 fully saturated rings. The number of halogens is 5. The molecule has 2 rings (SSSR count). The van der Waals surface area contributed by atoms with Crippen LogP contribution in [0, 0.1) is 0 Å². The molecule has 21 heavy (non-hydrogen) atoms. The van der Waals surface area contributed by atoms with Crippen molar-refractivity contribution in [2.45, 2.75) is 6.18 Å². The second kappa shape index (κ2) is 5.45. The summed E-state index contributed by atoms with van der Waals surface area (Å²) in [5, 5.41) is 5.59. The first kappa shape index (κ1) is 15.5. The molecule has 0 saturated carbocycles. The Bertz CT molecular complexity index is 676. The number of alkyl halides is 3. The number of nitrogens with zero attached hydrogens (tertiary/aromatic N) is 2. The molecule has 0 spiro atoms. The summed E-state index contributed by atoms with van der Waals surface area (Å²) in [7, 11) is 0. The van der Waals surface area contributed by atoms with Crippen molar-refractivity contribution in [3.8, 4) is 5.69 Å². The molecular weight excluding hydrogens is 332 g/mol. The number of carbonyl (C=O) groups is 1. The van der Waals surface area contributed by atoms with E-state index in [0.717, 1.165) is 16.8 Å². The third-order valence-electron chi connectivity index (χ3n) is 2.50. The molecule has 1 aromatic carbocycles. The second-order valence-corrected chi connectivity index (χ2v) is 4.73. The highest BCUT2D eigenvalue weighted by Gasteiger charge is 2.32. The lowest BCUT2D eigenvalue weighted by Gasteiger charge is -2.13. The lowest BCUT2D eigenvalue weighted by molar-refractivity contribution is -0.137. The summed E-state index contributed by atoms with van der Waals surface area (Å²) in [6.07, 6.45) is -4.20. The minimum atomic E-state index is -4.58. The normalized spacial score (nSPS) is 11.5. The zero-order valence-electron chi connectivity index (χ0n) is 10.1. The first-order valence-corrected chi connectivity index (χ1v) is 6.12. The average molecular weight is 339 g/mol. The quantitative estimate of drug-likeness (QED) is 0.843. The second-order valence-electron chi connectivity index (χ2n) is 3.91. The van der Waals surface area contributed by atoms with Crippen LogP contribution in [0.2, 0.25) is 10.0 Å². The summed E-state index contributed by atoms with van der Waals surface area (Å²) in [5.41, 5.74) is 4.67. The van der Waals surface area contributed by atoms with Crippen LogP contribution >= 0.6 is 23.2 Å². The molecular formula is C11H7Cl2F3N4O. The van der Waals surface area contributed by atoms with E-state index in [2.05, 4.69) is 10.4 Å². The zero-order chi connectivity index (χ0) is 15.8. The summed E-state index contributed by atoms with van der Waals surface area (Å²) in [5.74, 6) is 0.150. The van der Waals surface area contributed by atoms with Crippen LogP contribution in [0.25, 0.3) is 5.69 Å². The molecule has 2 aromatic rings. The smallest absolute Gasteiger partial charge is 0.384 e. The van der Waals surface area contributed by atoms with Crippen molar-refractivity contribution in [1.82, 2.24) is 9.78 Å². The third kappa shape index (κ3) is 3.06. The molecule has 0 saturated heterocycles. The average Bonchev–Trinajstić information content (AvgIpc) is 2.69. The topological polar surface area (TPSA) is 72.9 Å². The monoisotopic (exact) mass is 338 g/mol. The van der Waals surface area contributed by atoms with Gasteiger partial charge in [-0.3, -0.25) is 4.79 Å². The number of benzene rings is 1. The summed E-state index contributed by atoms with van der Waals surface area (Å²) >= 11 is 11.7. The molecule has 0 aliphatic carbocycles. The van der Waals surface area contributed by atoms with Gasteiger partial charge in [-0.15, -0.1) is 5.10 Å². The van der Waals surface area contributed by atoms with Gasteiger partial charge in [0.1, 0.15) is 11.5 Å². The predicted molar refractivity (Wildman–Crippen MR) is 72.7 cm³/mol. The molecule has 10 heteroatoms. The minimum Gasteiger partial charge on any atom is -0.384 e. The lowest BCUT2D eigenvalue weighted by Crippen LogP contribution is -2.08. The highest BCUT2D eigenvalue weighted by atomic mass is 35.5. The van der Waals surface area contributed by atoms with E-state index in [-0.39, 0.29) is 27.4 Å². The van der Waals surface area contributed by atoms with E-state index >= 15 is 0 Å². The van der Waals surface area contributed by atoms with E-state index in [4.69, 9.17) is 28.9 Å². The molecule has 0 bridgehead atoms. The Morgan fingerprint density at radius 2 is 1.81 bits per heavy atom. The molecule has 112 valence electrons. The number of aromatic nitrogens is 2. The fourth-order valence-corrected chi connectivity index (χ4v) is 2.28. The van der Waals surface area contributed by atoms with Crippen molar-refractivity contribution in [3.05, 3.63) is 33.8 Å². The van der Waals surface area contributed by atoms with Gasteiger partial charge in [0.25, 0.3) is 0 Å². The predicted octanol–water partition coefficient (Wildman–Crippen LogP) is 3.35. The van der Waals surface area contributed by atoms with Gasteiger partial charge in [-0.1, -0.05) is 23.2 Å². The number of rotatable bonds is 3. The number of amides is 1. The summed E-state index contributed by atoms with van der Waals surface area (Å²) in [6.45, 7) is 0. The largest absolute Gasteiger partial charge is 0.416 e. The molecule has 0 unspecified atom stereocenters. The zero-order valence-corrected chi connectivity index (χ0v) is 11.6. The van der Waals surface area contributed by atoms with Gasteiger partial charge in [-0.05, 0) is 12.1 Å². The number of anilines is 2. The molecule has 0 radical (unpaired) electrons. The summed E-state index contributed by atoms with van der Waals surface area (Å²) in [6, 6.07) is 2.74. The van der Waals surface area contributed by atoms with E-state index in [0.29, 0.717) is 6.41 Å². The van der Waals surface area contributed by atoms with Gasteiger partial charge in [0.2, 0.25) is 6.41 Å². The number of nitrogen functional groups attached to an aromatic ring is 1. The van der Waals surface area contributed by atoms with E-state index in [1.165, 1.54) is 6.07 Å².